The zero-order valence-corrected chi connectivity index (χ0v) is 25.1. The molecule has 1 heterocycles. The number of rotatable bonds is 5. The molecule has 1 aromatic rings. The highest BCUT2D eigenvalue weighted by atomic mass is 35.5. The summed E-state index contributed by atoms with van der Waals surface area (Å²) >= 11 is 0. The van der Waals surface area contributed by atoms with Gasteiger partial charge in [0.1, 0.15) is 22.8 Å². The molecule has 1 saturated heterocycles. The van der Waals surface area contributed by atoms with Crippen LogP contribution in [0.15, 0.2) is 23.0 Å². The Morgan fingerprint density at radius 3 is 2.21 bits per heavy atom. The van der Waals surface area contributed by atoms with Crippen molar-refractivity contribution in [1.29, 1.82) is 0 Å². The minimum Gasteiger partial charge on any atom is -0.508 e. The van der Waals surface area contributed by atoms with E-state index < -0.39 is 63.8 Å². The quantitative estimate of drug-likeness (QED) is 0.171. The Balaban J connectivity index is 0.00000242. The maximum Gasteiger partial charge on any atom is 0.255 e. The monoisotopic (exact) mass is 627 g/mol. The Labute approximate surface area is 254 Å². The number of phenols is 1. The van der Waals surface area contributed by atoms with Gasteiger partial charge in [-0.2, -0.15) is 0 Å². The topological polar surface area (TPSA) is 206 Å². The molecular formula is C27H35Cl2N5O8. The summed E-state index contributed by atoms with van der Waals surface area (Å²) in [6.07, 6.45) is 0.142. The minimum absolute atomic E-state index is 0. The summed E-state index contributed by atoms with van der Waals surface area (Å²) in [5.41, 5.74) is 2.58. The number of nitrogens with one attached hydrogen (secondary N) is 2. The van der Waals surface area contributed by atoms with Crippen molar-refractivity contribution in [3.8, 4) is 5.75 Å². The van der Waals surface area contributed by atoms with Crippen molar-refractivity contribution in [2.45, 2.75) is 24.5 Å². The predicted octanol–water partition coefficient (Wildman–Crippen LogP) is 0.0315. The number of phenolic OH excluding ortho intramolecular Hbond substituents is 1. The lowest BCUT2D eigenvalue weighted by molar-refractivity contribution is -0.153. The third kappa shape index (κ3) is 4.60. The fourth-order valence-corrected chi connectivity index (χ4v) is 6.50. The summed E-state index contributed by atoms with van der Waals surface area (Å²) in [4.78, 5) is 55.2. The number of nitrogens with zero attached hydrogens (tertiary/aromatic N) is 2. The summed E-state index contributed by atoms with van der Waals surface area (Å²) in [7, 11) is 6.60. The largest absolute Gasteiger partial charge is 0.508 e. The highest BCUT2D eigenvalue weighted by Crippen LogP contribution is 2.54. The molecule has 0 spiro atoms. The van der Waals surface area contributed by atoms with E-state index in [0.717, 1.165) is 0 Å². The second-order valence-electron chi connectivity index (χ2n) is 11.3. The van der Waals surface area contributed by atoms with Crippen LogP contribution in [0, 0.1) is 17.8 Å². The number of Topliss-reactive ketones (excluding diaryl/α,β-unsaturated/α-hetero) is 2. The number of halogens is 2. The van der Waals surface area contributed by atoms with Gasteiger partial charge >= 0.3 is 0 Å². The van der Waals surface area contributed by atoms with Crippen LogP contribution in [0.2, 0.25) is 0 Å². The molecule has 15 heteroatoms. The highest BCUT2D eigenvalue weighted by molar-refractivity contribution is 6.24. The van der Waals surface area contributed by atoms with E-state index in [-0.39, 0.29) is 66.3 Å². The van der Waals surface area contributed by atoms with Crippen LogP contribution in [-0.4, -0.2) is 102 Å². The normalized spacial score (nSPS) is 26.8. The van der Waals surface area contributed by atoms with E-state index in [0.29, 0.717) is 24.3 Å². The van der Waals surface area contributed by atoms with Crippen LogP contribution < -0.4 is 21.3 Å². The van der Waals surface area contributed by atoms with Crippen molar-refractivity contribution in [3.05, 3.63) is 34.1 Å². The molecule has 42 heavy (non-hydrogen) atoms. The second-order valence-corrected chi connectivity index (χ2v) is 11.3. The SMILES string of the molecule is CN(C)c1cc(NC(=O)C2CNC2)c(O)c2c1C[C@H]1C[C@H]3[C@H](N(C)C)C(=O)C(C(N)=O)=C(O)[C@@]3(O)C(=O)C1=C2O.Cl.Cl. The summed E-state index contributed by atoms with van der Waals surface area (Å²) in [6, 6.07) is 0.440. The van der Waals surface area contributed by atoms with Crippen LogP contribution in [0.1, 0.15) is 17.5 Å². The molecule has 0 radical (unpaired) electrons. The van der Waals surface area contributed by atoms with E-state index in [4.69, 9.17) is 5.73 Å². The van der Waals surface area contributed by atoms with Gasteiger partial charge in [0.25, 0.3) is 5.91 Å². The molecule has 0 bridgehead atoms. The van der Waals surface area contributed by atoms with Crippen LogP contribution in [0.4, 0.5) is 11.4 Å². The first kappa shape index (κ1) is 33.1. The number of benzene rings is 1. The van der Waals surface area contributed by atoms with Gasteiger partial charge in [-0.25, -0.2) is 0 Å². The zero-order chi connectivity index (χ0) is 29.4. The fraction of sp³-hybridized carbons (Fsp3) is 0.481. The van der Waals surface area contributed by atoms with Gasteiger partial charge in [0, 0.05) is 44.4 Å². The number of nitrogens with two attached hydrogens (primary N) is 1. The molecule has 3 aliphatic carbocycles. The molecule has 1 saturated carbocycles. The first-order valence-corrected chi connectivity index (χ1v) is 12.9. The number of anilines is 2. The number of carbonyl (C=O) groups is 4. The molecule has 1 aliphatic heterocycles. The molecule has 8 N–H and O–H groups in total. The number of amides is 2. The Morgan fingerprint density at radius 2 is 1.71 bits per heavy atom. The molecule has 230 valence electrons. The lowest BCUT2D eigenvalue weighted by atomic mass is 9.57. The summed E-state index contributed by atoms with van der Waals surface area (Å²) < 4.78 is 0. The minimum atomic E-state index is -2.71. The van der Waals surface area contributed by atoms with Gasteiger partial charge in [-0.1, -0.05) is 0 Å². The molecule has 2 amide bonds. The number of carbonyl (C=O) groups excluding carboxylic acids is 4. The van der Waals surface area contributed by atoms with E-state index in [2.05, 4.69) is 10.6 Å². The van der Waals surface area contributed by atoms with Crippen LogP contribution in [0.3, 0.4) is 0 Å². The summed E-state index contributed by atoms with van der Waals surface area (Å²) in [5.74, 6) is -7.84. The Morgan fingerprint density at radius 1 is 1.10 bits per heavy atom. The highest BCUT2D eigenvalue weighted by Gasteiger charge is 2.64. The average molecular weight is 629 g/mol. The predicted molar refractivity (Wildman–Crippen MR) is 158 cm³/mol. The van der Waals surface area contributed by atoms with Crippen LogP contribution >= 0.6 is 24.8 Å². The van der Waals surface area contributed by atoms with E-state index in [9.17, 15) is 39.6 Å². The Kier molecular flexibility index (Phi) is 8.98. The van der Waals surface area contributed by atoms with Crippen molar-refractivity contribution in [2.75, 3.05) is 51.5 Å². The van der Waals surface area contributed by atoms with Gasteiger partial charge in [0.15, 0.2) is 11.4 Å². The molecule has 5 rings (SSSR count). The number of aliphatic hydroxyl groups is 3. The molecular weight excluding hydrogens is 593 g/mol. The van der Waals surface area contributed by atoms with Crippen molar-refractivity contribution < 1.29 is 39.6 Å². The smallest absolute Gasteiger partial charge is 0.255 e. The molecule has 4 atom stereocenters. The van der Waals surface area contributed by atoms with Crippen molar-refractivity contribution in [1.82, 2.24) is 10.2 Å². The molecule has 13 nitrogen and oxygen atoms in total. The van der Waals surface area contributed by atoms with Gasteiger partial charge in [0.05, 0.1) is 23.2 Å². The van der Waals surface area contributed by atoms with Crippen LogP contribution in [0.25, 0.3) is 5.76 Å². The number of likely N-dealkylation sites (N-methyl/N-ethyl adjacent to an activating group) is 1. The van der Waals surface area contributed by atoms with Gasteiger partial charge in [-0.15, -0.1) is 24.8 Å². The lowest BCUT2D eigenvalue weighted by Gasteiger charge is -2.50. The number of aliphatic hydroxyl groups excluding tert-OH is 2. The van der Waals surface area contributed by atoms with Gasteiger partial charge in [-0.05, 0) is 44.5 Å². The first-order valence-electron chi connectivity index (χ1n) is 12.9. The van der Waals surface area contributed by atoms with Gasteiger partial charge in [0.2, 0.25) is 11.7 Å². The Hall–Kier alpha value is -3.36. The summed E-state index contributed by atoms with van der Waals surface area (Å²) in [5, 5.41) is 51.1. The van der Waals surface area contributed by atoms with E-state index in [1.165, 1.54) is 4.90 Å². The third-order valence-electron chi connectivity index (χ3n) is 8.59. The number of hydrogen-bond acceptors (Lipinski definition) is 11. The van der Waals surface area contributed by atoms with Crippen molar-refractivity contribution in [2.24, 2.45) is 23.5 Å². The fourth-order valence-electron chi connectivity index (χ4n) is 6.50. The maximum absolute atomic E-state index is 14.0. The van der Waals surface area contributed by atoms with E-state index >= 15 is 0 Å². The first-order chi connectivity index (χ1) is 18.7. The third-order valence-corrected chi connectivity index (χ3v) is 8.59. The number of aromatic hydroxyl groups is 1. The molecule has 1 aromatic carbocycles. The number of fused-ring (bicyclic) bond motifs is 3. The Bertz CT molecular complexity index is 1440. The number of hydrogen-bond donors (Lipinski definition) is 7. The molecule has 2 fully saturated rings. The number of ketones is 2. The van der Waals surface area contributed by atoms with Crippen LogP contribution in [0.5, 0.6) is 5.75 Å². The van der Waals surface area contributed by atoms with Crippen LogP contribution in [-0.2, 0) is 25.6 Å². The lowest BCUT2D eigenvalue weighted by Crippen LogP contribution is -2.65. The standard InChI is InChI=1S/C27H33N5O8.2ClH/c1-31(2)15-7-14(30-26(39)11-8-29-9-11)20(33)17-12(15)5-10-6-13-19(32(3)4)22(35)18(25(28)38)24(37)27(13,40)23(36)16(10)21(17)34;;/h7,10-11,13,19,29,33-34,37,40H,5-6,8-9H2,1-4H3,(H2,28,38)(H,30,39);2*1H/t10-,13-,19-,27-;;/m0../s1. The van der Waals surface area contributed by atoms with Crippen molar-refractivity contribution >= 4 is 65.3 Å². The van der Waals surface area contributed by atoms with E-state index in [1.807, 2.05) is 0 Å². The maximum atomic E-state index is 14.0. The number of primary amides is 1. The molecule has 4 aliphatic rings. The summed E-state index contributed by atoms with van der Waals surface area (Å²) in [6.45, 7) is 0.980. The average Bonchev–Trinajstić information content (AvgIpc) is 2.81. The van der Waals surface area contributed by atoms with Gasteiger partial charge < -0.3 is 41.7 Å². The zero-order valence-electron chi connectivity index (χ0n) is 23.4. The molecule has 0 unspecified atom stereocenters. The van der Waals surface area contributed by atoms with Gasteiger partial charge in [-0.3, -0.25) is 24.1 Å². The van der Waals surface area contributed by atoms with Crippen molar-refractivity contribution in [3.63, 3.8) is 0 Å². The molecule has 0 aromatic heterocycles. The second kappa shape index (κ2) is 11.4. The van der Waals surface area contributed by atoms with E-state index in [1.54, 1.807) is 39.2 Å².